The normalized spacial score (nSPS) is 14.3. The second kappa shape index (κ2) is 12.5. The molecule has 5 rings (SSSR count). The molecule has 0 radical (unpaired) electrons. The van der Waals surface area contributed by atoms with Crippen molar-refractivity contribution in [1.29, 1.82) is 0 Å². The van der Waals surface area contributed by atoms with Crippen molar-refractivity contribution in [2.24, 2.45) is 0 Å². The monoisotopic (exact) mass is 576 g/mol. The Bertz CT molecular complexity index is 1540. The lowest BCUT2D eigenvalue weighted by Gasteiger charge is -2.28. The molecule has 0 spiro atoms. The lowest BCUT2D eigenvalue weighted by Crippen LogP contribution is -2.29. The number of hydrogen-bond donors (Lipinski definition) is 1. The molecule has 1 N–H and O–H groups in total. The van der Waals surface area contributed by atoms with Crippen LogP contribution in [0.15, 0.2) is 89.2 Å². The van der Waals surface area contributed by atoms with Gasteiger partial charge in [-0.15, -0.1) is 5.10 Å². The van der Waals surface area contributed by atoms with Crippen LogP contribution in [0.25, 0.3) is 0 Å². The molecule has 1 atom stereocenters. The molecule has 1 aromatic heterocycles. The van der Waals surface area contributed by atoms with E-state index in [0.717, 1.165) is 16.7 Å². The van der Waals surface area contributed by atoms with Gasteiger partial charge in [0.05, 0.1) is 19.3 Å². The van der Waals surface area contributed by atoms with Gasteiger partial charge in [0.15, 0.2) is 11.5 Å². The fraction of sp³-hybridized carbons (Fsp3) is 0.233. The Morgan fingerprint density at radius 1 is 1.07 bits per heavy atom. The number of aromatic nitrogens is 3. The number of allylic oxidation sites excluding steroid dienone is 1. The quantitative estimate of drug-likeness (QED) is 0.166. The number of nitrogens with zero attached hydrogens (tertiary/aromatic N) is 3. The van der Waals surface area contributed by atoms with Gasteiger partial charge < -0.3 is 19.5 Å². The zero-order valence-electron chi connectivity index (χ0n) is 22.4. The van der Waals surface area contributed by atoms with Crippen molar-refractivity contribution in [1.82, 2.24) is 14.8 Å². The molecule has 0 saturated carbocycles. The van der Waals surface area contributed by atoms with Crippen LogP contribution in [0.1, 0.15) is 36.6 Å². The molecule has 4 aromatic rings. The summed E-state index contributed by atoms with van der Waals surface area (Å²) in [5, 5.41) is 9.26. The molecule has 10 heteroatoms. The lowest BCUT2D eigenvalue weighted by molar-refractivity contribution is -0.139. The molecule has 1 aliphatic rings. The first kappa shape index (κ1) is 27.6. The number of nitrogens with one attached hydrogen (secondary N) is 1. The van der Waals surface area contributed by atoms with Gasteiger partial charge in [0.1, 0.15) is 12.6 Å². The third kappa shape index (κ3) is 5.95. The van der Waals surface area contributed by atoms with Gasteiger partial charge in [-0.25, -0.2) is 9.48 Å². The van der Waals surface area contributed by atoms with E-state index in [1.54, 1.807) is 18.7 Å². The van der Waals surface area contributed by atoms with Crippen LogP contribution in [0, 0.1) is 0 Å². The Kier molecular flexibility index (Phi) is 8.62. The second-order valence-corrected chi connectivity index (χ2v) is 10.4. The van der Waals surface area contributed by atoms with Gasteiger partial charge >= 0.3 is 5.97 Å². The maximum atomic E-state index is 13.2. The molecule has 2 heterocycles. The van der Waals surface area contributed by atoms with Gasteiger partial charge in [-0.05, 0) is 48.7 Å². The van der Waals surface area contributed by atoms with Crippen molar-refractivity contribution in [3.05, 3.63) is 106 Å². The number of benzene rings is 3. The van der Waals surface area contributed by atoms with E-state index in [-0.39, 0.29) is 6.61 Å². The Labute approximate surface area is 242 Å². The largest absolute Gasteiger partial charge is 0.493 e. The topological polar surface area (TPSA) is 87.5 Å². The van der Waals surface area contributed by atoms with E-state index in [4.69, 9.17) is 35.9 Å². The Hall–Kier alpha value is -3.95. The van der Waals surface area contributed by atoms with Crippen LogP contribution in [0.4, 0.5) is 5.95 Å². The van der Waals surface area contributed by atoms with E-state index in [1.165, 1.54) is 11.8 Å². The number of halogens is 1. The molecule has 8 nitrogen and oxygen atoms in total. The zero-order chi connectivity index (χ0) is 28.1. The standard InChI is InChI=1S/C30H29ClN4O4S/c1-4-38-28(36)26-19(2)32-29-33-30(40-18-22-12-8-9-13-23(22)31)34-35(29)27(26)21-14-15-24(25(16-21)37-3)39-17-20-10-6-5-7-11-20/h5-16,27H,4,17-18H2,1-3H3,(H,32,33,34). The lowest BCUT2D eigenvalue weighted by atomic mass is 9.95. The minimum absolute atomic E-state index is 0.251. The first-order valence-corrected chi connectivity index (χ1v) is 14.2. The molecular weight excluding hydrogens is 548 g/mol. The predicted octanol–water partition coefficient (Wildman–Crippen LogP) is 6.66. The third-order valence-corrected chi connectivity index (χ3v) is 7.64. The maximum Gasteiger partial charge on any atom is 0.338 e. The number of thioether (sulfide) groups is 1. The van der Waals surface area contributed by atoms with E-state index in [1.807, 2.05) is 79.7 Å². The number of hydrogen-bond acceptors (Lipinski definition) is 8. The smallest absolute Gasteiger partial charge is 0.338 e. The number of carbonyl (C=O) groups excluding carboxylic acids is 1. The number of ether oxygens (including phenoxy) is 3. The van der Waals surface area contributed by atoms with Gasteiger partial charge in [-0.1, -0.05) is 78.0 Å². The van der Waals surface area contributed by atoms with E-state index in [0.29, 0.717) is 51.3 Å². The minimum Gasteiger partial charge on any atom is -0.493 e. The highest BCUT2D eigenvalue weighted by Gasteiger charge is 2.35. The maximum absolute atomic E-state index is 13.2. The van der Waals surface area contributed by atoms with Gasteiger partial charge in [0.25, 0.3) is 0 Å². The molecule has 1 aliphatic heterocycles. The first-order valence-electron chi connectivity index (χ1n) is 12.8. The highest BCUT2D eigenvalue weighted by atomic mass is 35.5. The molecule has 0 saturated heterocycles. The summed E-state index contributed by atoms with van der Waals surface area (Å²) in [6.45, 7) is 4.27. The first-order chi connectivity index (χ1) is 19.5. The van der Waals surface area contributed by atoms with Crippen LogP contribution in [0.3, 0.4) is 0 Å². The summed E-state index contributed by atoms with van der Waals surface area (Å²) in [6.07, 6.45) is 0. The van der Waals surface area contributed by atoms with Crippen molar-refractivity contribution in [2.75, 3.05) is 19.0 Å². The summed E-state index contributed by atoms with van der Waals surface area (Å²) in [5.41, 5.74) is 3.91. The molecule has 0 fully saturated rings. The summed E-state index contributed by atoms with van der Waals surface area (Å²) in [6, 6.07) is 22.6. The summed E-state index contributed by atoms with van der Waals surface area (Å²) < 4.78 is 18.9. The van der Waals surface area contributed by atoms with Crippen molar-refractivity contribution >= 4 is 35.3 Å². The molecular formula is C30H29ClN4O4S. The van der Waals surface area contributed by atoms with Crippen LogP contribution >= 0.6 is 23.4 Å². The van der Waals surface area contributed by atoms with Crippen LogP contribution in [-0.2, 0) is 21.9 Å². The van der Waals surface area contributed by atoms with Crippen LogP contribution < -0.4 is 14.8 Å². The summed E-state index contributed by atoms with van der Waals surface area (Å²) >= 11 is 7.81. The fourth-order valence-electron chi connectivity index (χ4n) is 4.44. The summed E-state index contributed by atoms with van der Waals surface area (Å²) in [5.74, 6) is 1.85. The molecule has 0 bridgehead atoms. The van der Waals surface area contributed by atoms with E-state index in [2.05, 4.69) is 5.32 Å². The SMILES string of the molecule is CCOC(=O)C1=C(C)Nc2nc(SCc3ccccc3Cl)nn2C1c1ccc(OCc2ccccc2)c(OC)c1. The van der Waals surface area contributed by atoms with Crippen molar-refractivity contribution in [3.63, 3.8) is 0 Å². The minimum atomic E-state index is -0.588. The van der Waals surface area contributed by atoms with Crippen molar-refractivity contribution in [3.8, 4) is 11.5 Å². The molecule has 0 amide bonds. The second-order valence-electron chi connectivity index (χ2n) is 9.01. The highest BCUT2D eigenvalue weighted by molar-refractivity contribution is 7.98. The molecule has 1 unspecified atom stereocenters. The van der Waals surface area contributed by atoms with Gasteiger partial charge in [0, 0.05) is 16.5 Å². The Morgan fingerprint density at radius 3 is 2.60 bits per heavy atom. The molecule has 40 heavy (non-hydrogen) atoms. The number of carbonyl (C=O) groups is 1. The molecule has 0 aliphatic carbocycles. The van der Waals surface area contributed by atoms with Gasteiger partial charge in [-0.3, -0.25) is 0 Å². The summed E-state index contributed by atoms with van der Waals surface area (Å²) in [7, 11) is 1.59. The fourth-order valence-corrected chi connectivity index (χ4v) is 5.56. The third-order valence-electron chi connectivity index (χ3n) is 6.38. The van der Waals surface area contributed by atoms with Crippen LogP contribution in [0.2, 0.25) is 5.02 Å². The van der Waals surface area contributed by atoms with Gasteiger partial charge in [0.2, 0.25) is 11.1 Å². The van der Waals surface area contributed by atoms with E-state index in [9.17, 15) is 4.79 Å². The van der Waals surface area contributed by atoms with Crippen molar-refractivity contribution in [2.45, 2.75) is 37.4 Å². The average molecular weight is 577 g/mol. The van der Waals surface area contributed by atoms with Crippen molar-refractivity contribution < 1.29 is 19.0 Å². The molecule has 3 aromatic carbocycles. The number of anilines is 1. The number of rotatable bonds is 10. The van der Waals surface area contributed by atoms with Crippen LogP contribution in [-0.4, -0.2) is 34.5 Å². The Morgan fingerprint density at radius 2 is 1.85 bits per heavy atom. The number of methoxy groups -OCH3 is 1. The Balaban J connectivity index is 1.48. The highest BCUT2D eigenvalue weighted by Crippen LogP contribution is 2.40. The average Bonchev–Trinajstić information content (AvgIpc) is 3.37. The van der Waals surface area contributed by atoms with Gasteiger partial charge in [-0.2, -0.15) is 4.98 Å². The zero-order valence-corrected chi connectivity index (χ0v) is 24.0. The molecule has 206 valence electrons. The summed E-state index contributed by atoms with van der Waals surface area (Å²) in [4.78, 5) is 17.9. The van der Waals surface area contributed by atoms with E-state index < -0.39 is 12.0 Å². The van der Waals surface area contributed by atoms with E-state index >= 15 is 0 Å². The predicted molar refractivity (Wildman–Crippen MR) is 156 cm³/mol. The number of fused-ring (bicyclic) bond motifs is 1. The van der Waals surface area contributed by atoms with Crippen LogP contribution in [0.5, 0.6) is 11.5 Å². The number of esters is 1.